The summed E-state index contributed by atoms with van der Waals surface area (Å²) in [6.07, 6.45) is 8.53. The average Bonchev–Trinajstić information content (AvgIpc) is 2.47. The second-order valence-corrected chi connectivity index (χ2v) is 5.11. The SMILES string of the molecule is NNc1ccnc2ccc(C3CCCCC3)cc12. The number of hydrogen-bond acceptors (Lipinski definition) is 3. The van der Waals surface area contributed by atoms with E-state index in [-0.39, 0.29) is 0 Å². The Bertz CT molecular complexity index is 544. The summed E-state index contributed by atoms with van der Waals surface area (Å²) in [4.78, 5) is 4.38. The second-order valence-electron chi connectivity index (χ2n) is 5.11. The molecular weight excluding hydrogens is 222 g/mol. The van der Waals surface area contributed by atoms with Crippen molar-refractivity contribution in [3.63, 3.8) is 0 Å². The van der Waals surface area contributed by atoms with Crippen molar-refractivity contribution in [2.45, 2.75) is 38.0 Å². The van der Waals surface area contributed by atoms with Gasteiger partial charge >= 0.3 is 0 Å². The summed E-state index contributed by atoms with van der Waals surface area (Å²) in [5, 5.41) is 1.13. The molecule has 0 amide bonds. The van der Waals surface area contributed by atoms with Gasteiger partial charge in [-0.15, -0.1) is 0 Å². The molecule has 0 spiro atoms. The van der Waals surface area contributed by atoms with E-state index in [0.29, 0.717) is 5.92 Å². The minimum Gasteiger partial charge on any atom is -0.323 e. The van der Waals surface area contributed by atoms with Gasteiger partial charge in [-0.25, -0.2) is 0 Å². The maximum Gasteiger partial charge on any atom is 0.0723 e. The Kier molecular flexibility index (Phi) is 3.15. The largest absolute Gasteiger partial charge is 0.323 e. The number of anilines is 1. The Morgan fingerprint density at radius 3 is 2.72 bits per heavy atom. The molecule has 2 aromatic rings. The maximum atomic E-state index is 5.57. The number of hydrogen-bond donors (Lipinski definition) is 2. The first-order valence-electron chi connectivity index (χ1n) is 6.74. The van der Waals surface area contributed by atoms with Crippen LogP contribution < -0.4 is 11.3 Å². The highest BCUT2D eigenvalue weighted by molar-refractivity contribution is 5.91. The molecule has 0 saturated heterocycles. The van der Waals surface area contributed by atoms with E-state index in [9.17, 15) is 0 Å². The second kappa shape index (κ2) is 4.94. The summed E-state index contributed by atoms with van der Waals surface area (Å²) in [5.41, 5.74) is 6.16. The van der Waals surface area contributed by atoms with Crippen molar-refractivity contribution >= 4 is 16.6 Å². The van der Waals surface area contributed by atoms with Crippen molar-refractivity contribution in [1.29, 1.82) is 0 Å². The van der Waals surface area contributed by atoms with Crippen molar-refractivity contribution in [2.75, 3.05) is 5.43 Å². The lowest BCUT2D eigenvalue weighted by molar-refractivity contribution is 0.444. The van der Waals surface area contributed by atoms with Crippen molar-refractivity contribution < 1.29 is 0 Å². The number of nitrogens with two attached hydrogens (primary N) is 1. The first-order chi connectivity index (χ1) is 8.88. The number of aromatic nitrogens is 1. The molecule has 18 heavy (non-hydrogen) atoms. The number of nitrogen functional groups attached to an aromatic ring is 1. The van der Waals surface area contributed by atoms with E-state index in [1.165, 1.54) is 37.7 Å². The minimum atomic E-state index is 0.717. The molecule has 0 aliphatic heterocycles. The molecule has 1 aliphatic carbocycles. The van der Waals surface area contributed by atoms with Crippen LogP contribution in [0.1, 0.15) is 43.6 Å². The number of pyridine rings is 1. The fraction of sp³-hybridized carbons (Fsp3) is 0.400. The maximum absolute atomic E-state index is 5.57. The summed E-state index contributed by atoms with van der Waals surface area (Å²) in [6, 6.07) is 8.52. The van der Waals surface area contributed by atoms with Crippen LogP contribution in [0.2, 0.25) is 0 Å². The van der Waals surface area contributed by atoms with Gasteiger partial charge in [-0.2, -0.15) is 0 Å². The van der Waals surface area contributed by atoms with Crippen LogP contribution in [-0.4, -0.2) is 4.98 Å². The zero-order chi connectivity index (χ0) is 12.4. The Balaban J connectivity index is 2.03. The standard InChI is InChI=1S/C15H19N3/c16-18-15-8-9-17-14-7-6-12(10-13(14)15)11-4-2-1-3-5-11/h6-11H,1-5,16H2,(H,17,18). The summed E-state index contributed by atoms with van der Waals surface area (Å²) in [6.45, 7) is 0. The van der Waals surface area contributed by atoms with Crippen LogP contribution in [-0.2, 0) is 0 Å². The normalized spacial score (nSPS) is 16.9. The predicted molar refractivity (Wildman–Crippen MR) is 75.4 cm³/mol. The van der Waals surface area contributed by atoms with E-state index in [4.69, 9.17) is 5.84 Å². The lowest BCUT2D eigenvalue weighted by Crippen LogP contribution is -2.08. The molecule has 0 atom stereocenters. The topological polar surface area (TPSA) is 50.9 Å². The number of benzene rings is 1. The van der Waals surface area contributed by atoms with Crippen LogP contribution in [0.4, 0.5) is 5.69 Å². The quantitative estimate of drug-likeness (QED) is 0.624. The Morgan fingerprint density at radius 1 is 1.11 bits per heavy atom. The summed E-state index contributed by atoms with van der Waals surface area (Å²) in [5.74, 6) is 6.28. The molecule has 0 bridgehead atoms. The Labute approximate surface area is 107 Å². The molecule has 1 saturated carbocycles. The number of nitrogens with zero attached hydrogens (tertiary/aromatic N) is 1. The van der Waals surface area contributed by atoms with Crippen LogP contribution in [0.15, 0.2) is 30.5 Å². The molecule has 94 valence electrons. The fourth-order valence-corrected chi connectivity index (χ4v) is 2.98. The molecule has 3 nitrogen and oxygen atoms in total. The molecule has 0 radical (unpaired) electrons. The van der Waals surface area contributed by atoms with E-state index < -0.39 is 0 Å². The van der Waals surface area contributed by atoms with Gasteiger partial charge in [0.05, 0.1) is 11.2 Å². The first kappa shape index (κ1) is 11.5. The molecule has 1 aromatic heterocycles. The summed E-state index contributed by atoms with van der Waals surface area (Å²) < 4.78 is 0. The van der Waals surface area contributed by atoms with Gasteiger partial charge in [0.2, 0.25) is 0 Å². The molecule has 3 N–H and O–H groups in total. The number of fused-ring (bicyclic) bond motifs is 1. The van der Waals surface area contributed by atoms with E-state index in [1.807, 2.05) is 6.07 Å². The third kappa shape index (κ3) is 2.06. The van der Waals surface area contributed by atoms with Gasteiger partial charge < -0.3 is 5.43 Å². The lowest BCUT2D eigenvalue weighted by atomic mass is 9.83. The van der Waals surface area contributed by atoms with Crippen LogP contribution in [0.25, 0.3) is 10.9 Å². The van der Waals surface area contributed by atoms with Gasteiger partial charge in [0.1, 0.15) is 0 Å². The average molecular weight is 241 g/mol. The third-order valence-electron chi connectivity index (χ3n) is 4.00. The van der Waals surface area contributed by atoms with Gasteiger partial charge in [0.25, 0.3) is 0 Å². The predicted octanol–water partition coefficient (Wildman–Crippen LogP) is 3.57. The number of rotatable bonds is 2. The van der Waals surface area contributed by atoms with Crippen molar-refractivity contribution in [3.8, 4) is 0 Å². The van der Waals surface area contributed by atoms with Crippen LogP contribution >= 0.6 is 0 Å². The first-order valence-corrected chi connectivity index (χ1v) is 6.74. The molecule has 1 aromatic carbocycles. The van der Waals surface area contributed by atoms with E-state index in [2.05, 4.69) is 28.6 Å². The van der Waals surface area contributed by atoms with Gasteiger partial charge in [-0.05, 0) is 42.5 Å². The van der Waals surface area contributed by atoms with Crippen LogP contribution in [0.3, 0.4) is 0 Å². The van der Waals surface area contributed by atoms with E-state index >= 15 is 0 Å². The van der Waals surface area contributed by atoms with Crippen LogP contribution in [0.5, 0.6) is 0 Å². The highest BCUT2D eigenvalue weighted by Gasteiger charge is 2.16. The molecule has 1 heterocycles. The van der Waals surface area contributed by atoms with Crippen molar-refractivity contribution in [3.05, 3.63) is 36.0 Å². The van der Waals surface area contributed by atoms with Crippen LogP contribution in [0, 0.1) is 0 Å². The van der Waals surface area contributed by atoms with Gasteiger partial charge in [0, 0.05) is 11.6 Å². The summed E-state index contributed by atoms with van der Waals surface area (Å²) >= 11 is 0. The summed E-state index contributed by atoms with van der Waals surface area (Å²) in [7, 11) is 0. The van der Waals surface area contributed by atoms with Crippen molar-refractivity contribution in [1.82, 2.24) is 4.98 Å². The van der Waals surface area contributed by atoms with E-state index in [1.54, 1.807) is 6.20 Å². The number of hydrazine groups is 1. The highest BCUT2D eigenvalue weighted by Crippen LogP contribution is 2.34. The molecular formula is C15H19N3. The minimum absolute atomic E-state index is 0.717. The molecule has 3 heteroatoms. The van der Waals surface area contributed by atoms with E-state index in [0.717, 1.165) is 16.6 Å². The van der Waals surface area contributed by atoms with Crippen molar-refractivity contribution in [2.24, 2.45) is 5.84 Å². The number of nitrogens with one attached hydrogen (secondary N) is 1. The molecule has 1 aliphatic rings. The third-order valence-corrected chi connectivity index (χ3v) is 4.00. The van der Waals surface area contributed by atoms with Gasteiger partial charge in [0.15, 0.2) is 0 Å². The monoisotopic (exact) mass is 241 g/mol. The highest BCUT2D eigenvalue weighted by atomic mass is 15.2. The zero-order valence-corrected chi connectivity index (χ0v) is 10.5. The lowest BCUT2D eigenvalue weighted by Gasteiger charge is -2.22. The van der Waals surface area contributed by atoms with Gasteiger partial charge in [-0.1, -0.05) is 25.3 Å². The fourth-order valence-electron chi connectivity index (χ4n) is 2.98. The smallest absolute Gasteiger partial charge is 0.0723 e. The zero-order valence-electron chi connectivity index (χ0n) is 10.5. The van der Waals surface area contributed by atoms with Gasteiger partial charge in [-0.3, -0.25) is 10.8 Å². The molecule has 1 fully saturated rings. The Hall–Kier alpha value is -1.61. The molecule has 3 rings (SSSR count). The molecule has 0 unspecified atom stereocenters. The Morgan fingerprint density at radius 2 is 1.94 bits per heavy atom.